The van der Waals surface area contributed by atoms with Crippen molar-refractivity contribution in [3.8, 4) is 11.8 Å². The number of hydrogen-bond donors (Lipinski definition) is 2. The van der Waals surface area contributed by atoms with Crippen LogP contribution >= 0.6 is 0 Å². The van der Waals surface area contributed by atoms with Gasteiger partial charge in [-0.25, -0.2) is 4.79 Å². The quantitative estimate of drug-likeness (QED) is 0.757. The van der Waals surface area contributed by atoms with Crippen LogP contribution in [-0.2, 0) is 16.1 Å². The molecule has 8 nitrogen and oxygen atoms in total. The fraction of sp³-hybridized carbons (Fsp3) is 0.409. The molecule has 3 heterocycles. The Morgan fingerprint density at radius 2 is 2.17 bits per heavy atom. The average molecular weight is 409 g/mol. The van der Waals surface area contributed by atoms with Crippen molar-refractivity contribution in [3.63, 3.8) is 0 Å². The summed E-state index contributed by atoms with van der Waals surface area (Å²) in [6.07, 6.45) is 4.50. The molecule has 158 valence electrons. The summed E-state index contributed by atoms with van der Waals surface area (Å²) in [5.74, 6) is 6.21. The van der Waals surface area contributed by atoms with E-state index in [4.69, 9.17) is 4.74 Å². The van der Waals surface area contributed by atoms with Gasteiger partial charge in [-0.2, -0.15) is 0 Å². The fourth-order valence-electron chi connectivity index (χ4n) is 2.99. The van der Waals surface area contributed by atoms with Gasteiger partial charge in [-0.15, -0.1) is 0 Å². The lowest BCUT2D eigenvalue weighted by atomic mass is 10.2. The van der Waals surface area contributed by atoms with Crippen molar-refractivity contribution in [2.24, 2.45) is 0 Å². The van der Waals surface area contributed by atoms with E-state index in [1.54, 1.807) is 39.2 Å². The molecule has 0 unspecified atom stereocenters. The Kier molecular flexibility index (Phi) is 6.75. The second-order valence-corrected chi connectivity index (χ2v) is 8.07. The summed E-state index contributed by atoms with van der Waals surface area (Å²) in [6.45, 7) is 8.24. The molecule has 0 saturated carbocycles. The number of aromatic amines is 1. The van der Waals surface area contributed by atoms with Crippen molar-refractivity contribution >= 4 is 17.7 Å². The number of rotatable bonds is 4. The van der Waals surface area contributed by atoms with Crippen molar-refractivity contribution in [1.29, 1.82) is 0 Å². The van der Waals surface area contributed by atoms with Gasteiger partial charge in [-0.1, -0.05) is 11.8 Å². The highest BCUT2D eigenvalue weighted by atomic mass is 16.6. The lowest BCUT2D eigenvalue weighted by Gasteiger charge is -2.33. The van der Waals surface area contributed by atoms with Crippen LogP contribution in [-0.4, -0.2) is 63.5 Å². The Balaban J connectivity index is 1.55. The average Bonchev–Trinajstić information content (AvgIpc) is 3.17. The molecule has 2 amide bonds. The van der Waals surface area contributed by atoms with Crippen LogP contribution in [0, 0.1) is 11.8 Å². The Labute approximate surface area is 176 Å². The van der Waals surface area contributed by atoms with Gasteiger partial charge in [-0.05, 0) is 39.0 Å². The van der Waals surface area contributed by atoms with Gasteiger partial charge in [0.05, 0.1) is 30.9 Å². The maximum Gasteiger partial charge on any atom is 0.412 e. The zero-order valence-corrected chi connectivity index (χ0v) is 17.6. The Hall–Kier alpha value is -3.31. The van der Waals surface area contributed by atoms with Crippen molar-refractivity contribution in [2.45, 2.75) is 32.9 Å². The minimum atomic E-state index is -0.585. The van der Waals surface area contributed by atoms with E-state index in [1.165, 1.54) is 0 Å². The normalized spacial score (nSPS) is 14.8. The molecular weight excluding hydrogens is 382 g/mol. The first-order valence-corrected chi connectivity index (χ1v) is 9.85. The van der Waals surface area contributed by atoms with Crippen LogP contribution in [0.15, 0.2) is 36.8 Å². The molecule has 2 aromatic rings. The highest BCUT2D eigenvalue weighted by molar-refractivity contribution is 5.86. The minimum absolute atomic E-state index is 0.0892. The molecule has 30 heavy (non-hydrogen) atoms. The van der Waals surface area contributed by atoms with Gasteiger partial charge in [0.15, 0.2) is 0 Å². The monoisotopic (exact) mass is 409 g/mol. The van der Waals surface area contributed by atoms with Gasteiger partial charge in [0, 0.05) is 37.4 Å². The SMILES string of the molecule is CC(C)(C)OC(=O)Nc1ccncc1C#CCN1CCN(Cc2ccc[nH]2)C(=O)C1. The second kappa shape index (κ2) is 9.46. The van der Waals surface area contributed by atoms with Crippen LogP contribution in [0.5, 0.6) is 0 Å². The minimum Gasteiger partial charge on any atom is -0.444 e. The summed E-state index contributed by atoms with van der Waals surface area (Å²) in [5, 5.41) is 2.71. The van der Waals surface area contributed by atoms with Crippen LogP contribution in [0.2, 0.25) is 0 Å². The maximum absolute atomic E-state index is 12.4. The first kappa shape index (κ1) is 21.4. The second-order valence-electron chi connectivity index (χ2n) is 8.07. The molecule has 1 aliphatic heterocycles. The first-order chi connectivity index (χ1) is 14.3. The highest BCUT2D eigenvalue weighted by Gasteiger charge is 2.23. The largest absolute Gasteiger partial charge is 0.444 e. The Morgan fingerprint density at radius 1 is 1.33 bits per heavy atom. The third kappa shape index (κ3) is 6.36. The number of aromatic nitrogens is 2. The number of H-pyrrole nitrogens is 1. The topological polar surface area (TPSA) is 90.6 Å². The number of anilines is 1. The number of nitrogens with zero attached hydrogens (tertiary/aromatic N) is 3. The van der Waals surface area contributed by atoms with E-state index >= 15 is 0 Å². The number of hydrogen-bond acceptors (Lipinski definition) is 5. The van der Waals surface area contributed by atoms with E-state index < -0.39 is 11.7 Å². The molecule has 1 fully saturated rings. The predicted octanol–water partition coefficient (Wildman–Crippen LogP) is 2.45. The molecule has 0 aromatic carbocycles. The standard InChI is InChI=1S/C22H27N5O3/c1-22(2,3)30-21(29)25-19-8-10-23-14-17(19)6-5-11-26-12-13-27(20(28)16-26)15-18-7-4-9-24-18/h4,7-10,14,24H,11-13,15-16H2,1-3H3,(H,23,25,29). The Morgan fingerprint density at radius 3 is 2.87 bits per heavy atom. The number of nitrogens with one attached hydrogen (secondary N) is 2. The third-order valence-electron chi connectivity index (χ3n) is 4.40. The zero-order chi connectivity index (χ0) is 21.6. The van der Waals surface area contributed by atoms with Crippen LogP contribution in [0.4, 0.5) is 10.5 Å². The number of amides is 2. The summed E-state index contributed by atoms with van der Waals surface area (Å²) < 4.78 is 5.28. The van der Waals surface area contributed by atoms with Gasteiger partial charge in [0.25, 0.3) is 0 Å². The fourth-order valence-corrected chi connectivity index (χ4v) is 2.99. The molecule has 0 radical (unpaired) electrons. The number of ether oxygens (including phenoxy) is 1. The number of piperazine rings is 1. The predicted molar refractivity (Wildman–Crippen MR) is 114 cm³/mol. The van der Waals surface area contributed by atoms with Gasteiger partial charge < -0.3 is 14.6 Å². The molecular formula is C22H27N5O3. The van der Waals surface area contributed by atoms with E-state index in [0.29, 0.717) is 37.4 Å². The van der Waals surface area contributed by atoms with Gasteiger partial charge in [0.2, 0.25) is 5.91 Å². The van der Waals surface area contributed by atoms with Crippen molar-refractivity contribution < 1.29 is 14.3 Å². The molecule has 2 aromatic heterocycles. The van der Waals surface area contributed by atoms with E-state index in [2.05, 4.69) is 27.1 Å². The van der Waals surface area contributed by atoms with E-state index in [0.717, 1.165) is 12.2 Å². The Bertz CT molecular complexity index is 938. The summed E-state index contributed by atoms with van der Waals surface area (Å²) in [7, 11) is 0. The molecule has 8 heteroatoms. The zero-order valence-electron chi connectivity index (χ0n) is 17.6. The number of pyridine rings is 1. The van der Waals surface area contributed by atoms with Gasteiger partial charge in [0.1, 0.15) is 5.60 Å². The number of carbonyl (C=O) groups is 2. The highest BCUT2D eigenvalue weighted by Crippen LogP contribution is 2.15. The van der Waals surface area contributed by atoms with Crippen molar-refractivity contribution in [1.82, 2.24) is 19.8 Å². The van der Waals surface area contributed by atoms with Crippen LogP contribution in [0.1, 0.15) is 32.0 Å². The molecule has 0 atom stereocenters. The molecule has 0 spiro atoms. The number of carbonyl (C=O) groups excluding carboxylic acids is 2. The van der Waals surface area contributed by atoms with Crippen LogP contribution < -0.4 is 5.32 Å². The van der Waals surface area contributed by atoms with Gasteiger partial charge in [-0.3, -0.25) is 20.0 Å². The van der Waals surface area contributed by atoms with Gasteiger partial charge >= 0.3 is 6.09 Å². The lowest BCUT2D eigenvalue weighted by molar-refractivity contribution is -0.136. The molecule has 1 saturated heterocycles. The van der Waals surface area contributed by atoms with Crippen molar-refractivity contribution in [3.05, 3.63) is 48.0 Å². The van der Waals surface area contributed by atoms with Crippen LogP contribution in [0.25, 0.3) is 0 Å². The van der Waals surface area contributed by atoms with E-state index in [-0.39, 0.29) is 5.91 Å². The van der Waals surface area contributed by atoms with E-state index in [1.807, 2.05) is 28.1 Å². The molecule has 0 bridgehead atoms. The molecule has 2 N–H and O–H groups in total. The lowest BCUT2D eigenvalue weighted by Crippen LogP contribution is -2.49. The third-order valence-corrected chi connectivity index (χ3v) is 4.40. The van der Waals surface area contributed by atoms with Crippen LogP contribution in [0.3, 0.4) is 0 Å². The van der Waals surface area contributed by atoms with E-state index in [9.17, 15) is 9.59 Å². The summed E-state index contributed by atoms with van der Waals surface area (Å²) in [4.78, 5) is 35.5. The summed E-state index contributed by atoms with van der Waals surface area (Å²) >= 11 is 0. The molecule has 1 aliphatic rings. The molecule has 0 aliphatic carbocycles. The first-order valence-electron chi connectivity index (χ1n) is 9.85. The molecule has 3 rings (SSSR count). The summed E-state index contributed by atoms with van der Waals surface area (Å²) in [6, 6.07) is 5.58. The smallest absolute Gasteiger partial charge is 0.412 e. The maximum atomic E-state index is 12.4. The van der Waals surface area contributed by atoms with Crippen molar-refractivity contribution in [2.75, 3.05) is 31.5 Å². The summed E-state index contributed by atoms with van der Waals surface area (Å²) in [5.41, 5.74) is 1.58.